The minimum atomic E-state index is -1.71. The first-order chi connectivity index (χ1) is 12.2. The second-order valence-corrected chi connectivity index (χ2v) is 7.71. The molecule has 0 spiro atoms. The number of hydrogen-bond donors (Lipinski definition) is 2. The summed E-state index contributed by atoms with van der Waals surface area (Å²) < 4.78 is 17.5. The molecule has 1 aromatic carbocycles. The summed E-state index contributed by atoms with van der Waals surface area (Å²) in [5.74, 6) is 0.902. The van der Waals surface area contributed by atoms with Crippen LogP contribution >= 0.6 is 0 Å². The van der Waals surface area contributed by atoms with Gasteiger partial charge in [-0.15, -0.1) is 0 Å². The molecule has 0 aromatic heterocycles. The number of rotatable bonds is 0. The van der Waals surface area contributed by atoms with Crippen molar-refractivity contribution in [1.82, 2.24) is 0 Å². The Bertz CT molecular complexity index is 940. The Morgan fingerprint density at radius 1 is 1.12 bits per heavy atom. The second kappa shape index (κ2) is 4.58. The Balaban J connectivity index is 1.63. The minimum absolute atomic E-state index is 0.0922. The van der Waals surface area contributed by atoms with Crippen molar-refractivity contribution in [1.29, 1.82) is 0 Å². The Morgan fingerprint density at radius 2 is 1.92 bits per heavy atom. The fourth-order valence-electron chi connectivity index (χ4n) is 3.96. The van der Waals surface area contributed by atoms with E-state index < -0.39 is 22.9 Å². The van der Waals surface area contributed by atoms with Gasteiger partial charge in [-0.05, 0) is 38.1 Å². The number of aliphatic hydroxyl groups is 2. The lowest BCUT2D eigenvalue weighted by molar-refractivity contribution is -0.187. The number of carbonyl (C=O) groups excluding carboxylic acids is 1. The zero-order valence-electron chi connectivity index (χ0n) is 14.4. The smallest absolute Gasteiger partial charge is 0.181 e. The maximum absolute atomic E-state index is 11.6. The van der Waals surface area contributed by atoms with E-state index in [1.54, 1.807) is 12.1 Å². The Labute approximate surface area is 150 Å². The van der Waals surface area contributed by atoms with Gasteiger partial charge in [0.25, 0.3) is 0 Å². The van der Waals surface area contributed by atoms with E-state index in [2.05, 4.69) is 0 Å². The van der Waals surface area contributed by atoms with E-state index in [4.69, 9.17) is 14.2 Å². The van der Waals surface area contributed by atoms with Gasteiger partial charge in [-0.1, -0.05) is 6.08 Å². The molecule has 5 rings (SSSR count). The molecule has 1 aliphatic carbocycles. The van der Waals surface area contributed by atoms with Gasteiger partial charge in [0.1, 0.15) is 29.5 Å². The fraction of sp³-hybridized carbons (Fsp3) is 0.350. The molecule has 3 atom stereocenters. The van der Waals surface area contributed by atoms with Crippen molar-refractivity contribution in [2.45, 2.75) is 36.8 Å². The lowest BCUT2D eigenvalue weighted by Crippen LogP contribution is -2.61. The van der Waals surface area contributed by atoms with E-state index in [9.17, 15) is 15.0 Å². The molecular weight excluding hydrogens is 336 g/mol. The van der Waals surface area contributed by atoms with Crippen LogP contribution in [-0.2, 0) is 15.1 Å². The summed E-state index contributed by atoms with van der Waals surface area (Å²) >= 11 is 0. The number of benzene rings is 1. The number of ether oxygens (including phenoxy) is 3. The van der Waals surface area contributed by atoms with Gasteiger partial charge in [0, 0.05) is 23.3 Å². The summed E-state index contributed by atoms with van der Waals surface area (Å²) in [6.45, 7) is 3.78. The van der Waals surface area contributed by atoms with E-state index in [-0.39, 0.29) is 18.1 Å². The van der Waals surface area contributed by atoms with Gasteiger partial charge < -0.3 is 24.4 Å². The first-order valence-corrected chi connectivity index (χ1v) is 8.48. The van der Waals surface area contributed by atoms with E-state index in [0.717, 1.165) is 5.56 Å². The summed E-state index contributed by atoms with van der Waals surface area (Å²) in [5, 5.41) is 22.4. The molecule has 3 aliphatic heterocycles. The lowest BCUT2D eigenvalue weighted by atomic mass is 9.76. The molecule has 0 saturated carbocycles. The lowest BCUT2D eigenvalue weighted by Gasteiger charge is -2.45. The molecule has 6 nitrogen and oxygen atoms in total. The maximum Gasteiger partial charge on any atom is 0.181 e. The molecule has 0 radical (unpaired) electrons. The van der Waals surface area contributed by atoms with E-state index in [0.29, 0.717) is 17.1 Å². The SMILES string of the molecule is CC1(C)C=Cc2cc3c(cc2O1)O[C@H]1[C@]2(O)C=CC(=O)C=C2OC[C@]31O. The monoisotopic (exact) mass is 354 g/mol. The third kappa shape index (κ3) is 1.91. The Morgan fingerprint density at radius 3 is 2.73 bits per heavy atom. The minimum Gasteiger partial charge on any atom is -0.491 e. The number of ketones is 1. The average Bonchev–Trinajstić information content (AvgIpc) is 2.87. The van der Waals surface area contributed by atoms with Crippen molar-refractivity contribution in [3.8, 4) is 11.5 Å². The highest BCUT2D eigenvalue weighted by Gasteiger charge is 2.63. The van der Waals surface area contributed by atoms with Crippen LogP contribution in [-0.4, -0.2) is 39.9 Å². The van der Waals surface area contributed by atoms with Gasteiger partial charge in [0.05, 0.1) is 0 Å². The molecule has 26 heavy (non-hydrogen) atoms. The summed E-state index contributed by atoms with van der Waals surface area (Å²) in [6.07, 6.45) is 6.68. The summed E-state index contributed by atoms with van der Waals surface area (Å²) in [4.78, 5) is 11.6. The van der Waals surface area contributed by atoms with Gasteiger partial charge in [-0.25, -0.2) is 0 Å². The highest BCUT2D eigenvalue weighted by molar-refractivity contribution is 6.01. The summed E-state index contributed by atoms with van der Waals surface area (Å²) in [6, 6.07) is 3.53. The molecule has 0 amide bonds. The number of carbonyl (C=O) groups is 1. The molecule has 6 heteroatoms. The number of allylic oxidation sites excluding steroid dienone is 2. The highest BCUT2D eigenvalue weighted by Crippen LogP contribution is 2.53. The topological polar surface area (TPSA) is 85.2 Å². The summed E-state index contributed by atoms with van der Waals surface area (Å²) in [5.41, 5.74) is -2.33. The van der Waals surface area contributed by atoms with Crippen molar-refractivity contribution in [3.63, 3.8) is 0 Å². The molecule has 4 aliphatic rings. The first kappa shape index (κ1) is 15.7. The predicted molar refractivity (Wildman–Crippen MR) is 91.6 cm³/mol. The Kier molecular flexibility index (Phi) is 2.76. The molecule has 2 N–H and O–H groups in total. The normalized spacial score (nSPS) is 35.2. The summed E-state index contributed by atoms with van der Waals surface area (Å²) in [7, 11) is 0. The van der Waals surface area contributed by atoms with Crippen LogP contribution in [0, 0.1) is 0 Å². The van der Waals surface area contributed by atoms with Crippen molar-refractivity contribution >= 4 is 11.9 Å². The fourth-order valence-corrected chi connectivity index (χ4v) is 3.96. The molecule has 0 bridgehead atoms. The van der Waals surface area contributed by atoms with Crippen molar-refractivity contribution in [2.75, 3.05) is 6.61 Å². The van der Waals surface area contributed by atoms with Gasteiger partial charge in [-0.3, -0.25) is 4.79 Å². The zero-order chi connectivity index (χ0) is 18.3. The van der Waals surface area contributed by atoms with Crippen LogP contribution in [0.25, 0.3) is 6.08 Å². The van der Waals surface area contributed by atoms with Crippen LogP contribution in [0.5, 0.6) is 11.5 Å². The predicted octanol–water partition coefficient (Wildman–Crippen LogP) is 1.60. The van der Waals surface area contributed by atoms with E-state index >= 15 is 0 Å². The van der Waals surface area contributed by atoms with Gasteiger partial charge >= 0.3 is 0 Å². The van der Waals surface area contributed by atoms with Crippen molar-refractivity contribution in [3.05, 3.63) is 53.3 Å². The molecular formula is C20H18O6. The maximum atomic E-state index is 11.6. The second-order valence-electron chi connectivity index (χ2n) is 7.71. The highest BCUT2D eigenvalue weighted by atomic mass is 16.6. The van der Waals surface area contributed by atoms with E-state index in [1.165, 1.54) is 18.2 Å². The number of hydrogen-bond acceptors (Lipinski definition) is 6. The largest absolute Gasteiger partial charge is 0.491 e. The van der Waals surface area contributed by atoms with Crippen molar-refractivity contribution < 1.29 is 29.2 Å². The molecule has 0 unspecified atom stereocenters. The molecule has 3 heterocycles. The van der Waals surface area contributed by atoms with Gasteiger partial charge in [0.15, 0.2) is 23.1 Å². The third-order valence-corrected chi connectivity index (χ3v) is 5.31. The molecule has 1 fully saturated rings. The molecule has 134 valence electrons. The van der Waals surface area contributed by atoms with E-state index in [1.807, 2.05) is 26.0 Å². The van der Waals surface area contributed by atoms with Crippen LogP contribution in [0.4, 0.5) is 0 Å². The van der Waals surface area contributed by atoms with Crippen LogP contribution < -0.4 is 9.47 Å². The van der Waals surface area contributed by atoms with Crippen LogP contribution in [0.15, 0.2) is 42.2 Å². The molecule has 1 aromatic rings. The first-order valence-electron chi connectivity index (χ1n) is 8.48. The third-order valence-electron chi connectivity index (χ3n) is 5.31. The Hall–Kier alpha value is -2.57. The standard InChI is InChI=1S/C20H18O6/c1-18(2)5-3-11-7-13-15(9-14(11)26-18)25-17-19(22)6-4-12(21)8-16(19)24-10-20(13,17)23/h3-9,17,22-23H,10H2,1-2H3/t17-,19-,20-/m0/s1. The van der Waals surface area contributed by atoms with Crippen LogP contribution in [0.2, 0.25) is 0 Å². The quantitative estimate of drug-likeness (QED) is 0.736. The zero-order valence-corrected chi connectivity index (χ0v) is 14.4. The van der Waals surface area contributed by atoms with Crippen LogP contribution in [0.3, 0.4) is 0 Å². The van der Waals surface area contributed by atoms with Gasteiger partial charge in [-0.2, -0.15) is 0 Å². The number of fused-ring (bicyclic) bond motifs is 6. The average molecular weight is 354 g/mol. The van der Waals surface area contributed by atoms with Gasteiger partial charge in [0.2, 0.25) is 0 Å². The van der Waals surface area contributed by atoms with Crippen LogP contribution in [0.1, 0.15) is 25.0 Å². The molecule has 1 saturated heterocycles. The van der Waals surface area contributed by atoms with Crippen molar-refractivity contribution in [2.24, 2.45) is 0 Å².